The molecule has 14 heteroatoms. The Kier molecular flexibility index (Phi) is 13.4. The molecular weight excluding hydrogens is 656 g/mol. The molecule has 51 heavy (non-hydrogen) atoms. The molecule has 2 fully saturated rings. The molecule has 1 saturated heterocycles. The number of benzene rings is 1. The van der Waals surface area contributed by atoms with Crippen molar-refractivity contribution in [3.8, 4) is 0 Å². The average Bonchev–Trinajstić information content (AvgIpc) is 3.38. The van der Waals surface area contributed by atoms with Crippen molar-refractivity contribution in [3.63, 3.8) is 0 Å². The lowest BCUT2D eigenvalue weighted by molar-refractivity contribution is -0.148. The molecule has 1 unspecified atom stereocenters. The van der Waals surface area contributed by atoms with Crippen molar-refractivity contribution in [2.75, 3.05) is 34.3 Å². The number of Topliss-reactive ketones (excluding diaryl/α,β-unsaturated/α-hetero) is 1. The van der Waals surface area contributed by atoms with Crippen LogP contribution in [0.1, 0.15) is 72.9 Å². The van der Waals surface area contributed by atoms with Gasteiger partial charge in [0.15, 0.2) is 5.88 Å². The summed E-state index contributed by atoms with van der Waals surface area (Å²) in [6.45, 7) is 16.7. The lowest BCUT2D eigenvalue weighted by Gasteiger charge is -2.39. The summed E-state index contributed by atoms with van der Waals surface area (Å²) in [5, 5.41) is 10.8. The first kappa shape index (κ1) is 41.0. The third-order valence-electron chi connectivity index (χ3n) is 9.88. The molecule has 1 aromatic carbocycles. The molecule has 0 bridgehead atoms. The Labute approximate surface area is 301 Å². The quantitative estimate of drug-likeness (QED) is 0.130. The number of hydrogen-bond acceptors (Lipinski definition) is 9. The fraction of sp³-hybridized carbons (Fsp3) is 0.622. The molecule has 1 aliphatic carbocycles. The highest BCUT2D eigenvalue weighted by Gasteiger charge is 2.70. The number of rotatable bonds is 18. The summed E-state index contributed by atoms with van der Waals surface area (Å²) in [6.07, 6.45) is 0.429. The van der Waals surface area contributed by atoms with Crippen molar-refractivity contribution >= 4 is 35.3 Å². The number of nitrogens with one attached hydrogen (secondary N) is 4. The summed E-state index contributed by atoms with van der Waals surface area (Å²) in [5.41, 5.74) is -0.682. The number of likely N-dealkylation sites (tertiary alicyclic amines) is 1. The maximum Gasteiger partial charge on any atom is 0.290 e. The van der Waals surface area contributed by atoms with Crippen LogP contribution >= 0.6 is 0 Å². The van der Waals surface area contributed by atoms with Gasteiger partial charge in [0, 0.05) is 27.7 Å². The van der Waals surface area contributed by atoms with E-state index in [4.69, 9.17) is 9.47 Å². The van der Waals surface area contributed by atoms with Crippen molar-refractivity contribution in [2.24, 2.45) is 17.3 Å². The molecule has 0 spiro atoms. The van der Waals surface area contributed by atoms with Crippen LogP contribution in [0.5, 0.6) is 0 Å². The van der Waals surface area contributed by atoms with E-state index in [-0.39, 0.29) is 47.5 Å². The van der Waals surface area contributed by atoms with Crippen molar-refractivity contribution in [1.29, 1.82) is 0 Å². The van der Waals surface area contributed by atoms with E-state index in [1.165, 1.54) is 16.9 Å². The van der Waals surface area contributed by atoms with E-state index in [0.29, 0.717) is 18.5 Å². The third-order valence-corrected chi connectivity index (χ3v) is 9.88. The molecule has 2 aliphatic rings. The first-order valence-corrected chi connectivity index (χ1v) is 17.4. The Morgan fingerprint density at radius 1 is 1.04 bits per heavy atom. The summed E-state index contributed by atoms with van der Waals surface area (Å²) in [7, 11) is 4.62. The second-order valence-electron chi connectivity index (χ2n) is 14.9. The van der Waals surface area contributed by atoms with Gasteiger partial charge in [-0.15, -0.1) is 0 Å². The van der Waals surface area contributed by atoms with Gasteiger partial charge in [0.05, 0.1) is 24.3 Å². The molecule has 4 N–H and O–H groups in total. The summed E-state index contributed by atoms with van der Waals surface area (Å²) in [4.78, 5) is 83.3. The fourth-order valence-corrected chi connectivity index (χ4v) is 6.73. The topological polar surface area (TPSA) is 175 Å². The van der Waals surface area contributed by atoms with E-state index < -0.39 is 59.8 Å². The molecule has 3 rings (SSSR count). The zero-order valence-corrected chi connectivity index (χ0v) is 31.6. The van der Waals surface area contributed by atoms with E-state index in [1.807, 2.05) is 34.6 Å². The summed E-state index contributed by atoms with van der Waals surface area (Å²) >= 11 is 0. The minimum Gasteiger partial charge on any atom is -0.477 e. The second-order valence-corrected chi connectivity index (χ2v) is 14.9. The number of amides is 5. The van der Waals surface area contributed by atoms with Crippen LogP contribution in [0.15, 0.2) is 42.8 Å². The maximum absolute atomic E-state index is 14.2. The molecule has 14 nitrogen and oxygen atoms in total. The number of ketones is 1. The molecular formula is C37H56N6O8. The first-order valence-electron chi connectivity index (χ1n) is 17.4. The second kappa shape index (κ2) is 16.7. The Morgan fingerprint density at radius 3 is 2.22 bits per heavy atom. The summed E-state index contributed by atoms with van der Waals surface area (Å²) < 4.78 is 11.3. The number of nitrogens with zero attached hydrogens (tertiary/aromatic N) is 2. The highest BCUT2D eigenvalue weighted by atomic mass is 16.5. The maximum atomic E-state index is 14.2. The van der Waals surface area contributed by atoms with E-state index in [9.17, 15) is 28.8 Å². The van der Waals surface area contributed by atoms with Crippen molar-refractivity contribution in [1.82, 2.24) is 31.1 Å². The number of fused-ring (bicyclic) bond motifs is 1. The highest BCUT2D eigenvalue weighted by molar-refractivity contribution is 6.38. The number of carbonyl (C=O) groups excluding carboxylic acids is 6. The van der Waals surface area contributed by atoms with Crippen LogP contribution in [0.25, 0.3) is 0 Å². The molecule has 0 radical (unpaired) electrons. The average molecular weight is 713 g/mol. The number of likely N-dealkylation sites (N-methyl/N-ethyl adjacent to an activating group) is 1. The monoisotopic (exact) mass is 712 g/mol. The zero-order valence-electron chi connectivity index (χ0n) is 31.6. The number of piperidine rings is 1. The minimum absolute atomic E-state index is 0.0554. The van der Waals surface area contributed by atoms with E-state index in [1.54, 1.807) is 58.3 Å². The molecule has 6 atom stereocenters. The number of methoxy groups -OCH3 is 1. The lowest BCUT2D eigenvalue weighted by atomic mass is 9.94. The molecule has 1 saturated carbocycles. The predicted molar refractivity (Wildman–Crippen MR) is 191 cm³/mol. The minimum atomic E-state index is -1.20. The van der Waals surface area contributed by atoms with Gasteiger partial charge in [-0.3, -0.25) is 28.8 Å². The van der Waals surface area contributed by atoms with Crippen LogP contribution in [0.4, 0.5) is 0 Å². The van der Waals surface area contributed by atoms with Gasteiger partial charge in [0.25, 0.3) is 5.91 Å². The highest BCUT2D eigenvalue weighted by Crippen LogP contribution is 2.65. The van der Waals surface area contributed by atoms with Crippen LogP contribution in [-0.4, -0.2) is 109 Å². The van der Waals surface area contributed by atoms with Gasteiger partial charge in [0.1, 0.15) is 18.1 Å². The smallest absolute Gasteiger partial charge is 0.290 e. The molecule has 1 aliphatic heterocycles. The summed E-state index contributed by atoms with van der Waals surface area (Å²) in [5.74, 6) is -3.89. The van der Waals surface area contributed by atoms with Gasteiger partial charge in [0.2, 0.25) is 29.4 Å². The van der Waals surface area contributed by atoms with Crippen LogP contribution in [0.2, 0.25) is 0 Å². The van der Waals surface area contributed by atoms with E-state index >= 15 is 0 Å². The van der Waals surface area contributed by atoms with Crippen LogP contribution < -0.4 is 21.3 Å². The Morgan fingerprint density at radius 2 is 1.67 bits per heavy atom. The number of ether oxygens (including phenoxy) is 2. The molecule has 1 heterocycles. The largest absolute Gasteiger partial charge is 0.477 e. The number of carbonyl (C=O) groups is 6. The predicted octanol–water partition coefficient (Wildman–Crippen LogP) is 1.66. The normalized spacial score (nSPS) is 20.6. The first-order chi connectivity index (χ1) is 23.8. The zero-order chi connectivity index (χ0) is 38.4. The van der Waals surface area contributed by atoms with E-state index in [2.05, 4.69) is 27.8 Å². The Balaban J connectivity index is 1.74. The number of hydrogen-bond donors (Lipinski definition) is 4. The van der Waals surface area contributed by atoms with Gasteiger partial charge >= 0.3 is 0 Å². The molecule has 5 amide bonds. The van der Waals surface area contributed by atoms with Gasteiger partial charge in [-0.25, -0.2) is 0 Å². The van der Waals surface area contributed by atoms with Crippen LogP contribution in [0, 0.1) is 17.3 Å². The van der Waals surface area contributed by atoms with Gasteiger partial charge < -0.3 is 40.5 Å². The van der Waals surface area contributed by atoms with Crippen molar-refractivity contribution < 1.29 is 38.2 Å². The standard InChI is InChI=1S/C37H56N6O8/c1-12-16-25(30(45)33(47)38-19-26(44)41-28(34(48)42(9)10)23-17-14-13-15-18-23)40-32(46)29-27-24(36(27,5)6)20-43(29)35(49)31(37(7,8)50-11)39-22(4)51-21(2)3/h13-15,17-18,21,24-25,27-29,31,39H,4,12,16,19-20H2,1-3,5-11H3,(H,38,47)(H,40,46)(H,41,44)/t24-,25-,27?,28-,29-,31+/m0/s1. The molecule has 282 valence electrons. The van der Waals surface area contributed by atoms with Crippen LogP contribution in [0.3, 0.4) is 0 Å². The van der Waals surface area contributed by atoms with Gasteiger partial charge in [-0.1, -0.05) is 57.5 Å². The Hall–Kier alpha value is -4.46. The molecule has 1 aromatic rings. The van der Waals surface area contributed by atoms with Crippen molar-refractivity contribution in [3.05, 3.63) is 48.4 Å². The van der Waals surface area contributed by atoms with Gasteiger partial charge in [-0.05, 0) is 63.5 Å². The molecule has 0 aromatic heterocycles. The van der Waals surface area contributed by atoms with Gasteiger partial charge in [-0.2, -0.15) is 0 Å². The fourth-order valence-electron chi connectivity index (χ4n) is 6.73. The van der Waals surface area contributed by atoms with Crippen molar-refractivity contribution in [2.45, 2.75) is 97.2 Å². The third kappa shape index (κ3) is 9.66. The lowest BCUT2D eigenvalue weighted by Crippen LogP contribution is -2.62. The Bertz CT molecular complexity index is 1480. The van der Waals surface area contributed by atoms with E-state index in [0.717, 1.165) is 0 Å². The SMILES string of the molecule is C=C(N[C@H](C(=O)N1C[C@H]2C([C@H]1C(=O)N[C@@H](CCC)C(=O)C(=O)NCC(=O)N[C@H](C(=O)N(C)C)c1ccccc1)C2(C)C)C(C)(C)OC)OC(C)C. The van der Waals surface area contributed by atoms with Crippen LogP contribution in [-0.2, 0) is 38.2 Å². The summed E-state index contributed by atoms with van der Waals surface area (Å²) in [6, 6.07) is 4.60.